The predicted octanol–water partition coefficient (Wildman–Crippen LogP) is 5.14. The monoisotopic (exact) mass is 430 g/mol. The van der Waals surface area contributed by atoms with Crippen LogP contribution < -0.4 is 10.6 Å². The number of hydrogen-bond donors (Lipinski definition) is 2. The van der Waals surface area contributed by atoms with Gasteiger partial charge >= 0.3 is 0 Å². The van der Waals surface area contributed by atoms with Gasteiger partial charge in [0, 0.05) is 5.69 Å². The quantitative estimate of drug-likeness (QED) is 0.638. The van der Waals surface area contributed by atoms with Crippen molar-refractivity contribution in [3.05, 3.63) is 63.1 Å². The van der Waals surface area contributed by atoms with Crippen molar-refractivity contribution in [3.63, 3.8) is 0 Å². The molecule has 0 aliphatic carbocycles. The van der Waals surface area contributed by atoms with Gasteiger partial charge in [-0.05, 0) is 48.8 Å². The van der Waals surface area contributed by atoms with Gasteiger partial charge in [-0.1, -0.05) is 46.9 Å². The van der Waals surface area contributed by atoms with Crippen LogP contribution in [0.1, 0.15) is 16.8 Å². The maximum atomic E-state index is 12.6. The van der Waals surface area contributed by atoms with Gasteiger partial charge in [0.05, 0.1) is 20.6 Å². The van der Waals surface area contributed by atoms with Crippen LogP contribution in [0.3, 0.4) is 0 Å². The average Bonchev–Trinajstić information content (AvgIpc) is 2.61. The second kappa shape index (κ2) is 10.1. The molecule has 4 nitrogen and oxygen atoms in total. The van der Waals surface area contributed by atoms with Crippen LogP contribution in [0.25, 0.3) is 0 Å². The van der Waals surface area contributed by atoms with Crippen molar-refractivity contribution in [3.8, 4) is 0 Å². The van der Waals surface area contributed by atoms with Crippen molar-refractivity contribution in [2.24, 2.45) is 0 Å². The molecule has 138 valence electrons. The third-order valence-electron chi connectivity index (χ3n) is 3.54. The lowest BCUT2D eigenvalue weighted by atomic mass is 10.1. The number of thioether (sulfide) groups is 1. The summed E-state index contributed by atoms with van der Waals surface area (Å²) in [5.74, 6) is -0.0220. The summed E-state index contributed by atoms with van der Waals surface area (Å²) in [5, 5.41) is 6.57. The van der Waals surface area contributed by atoms with Gasteiger partial charge in [-0.15, -0.1) is 0 Å². The van der Waals surface area contributed by atoms with Crippen molar-refractivity contribution in [1.29, 1.82) is 0 Å². The molecule has 0 aliphatic heterocycles. The Hall–Kier alpha value is -1.40. The Kier molecular flexibility index (Phi) is 8.10. The summed E-state index contributed by atoms with van der Waals surface area (Å²) in [6.07, 6.45) is 2.41. The summed E-state index contributed by atoms with van der Waals surface area (Å²) in [7, 11) is 0. The summed E-state index contributed by atoms with van der Waals surface area (Å²) in [6.45, 7) is 0. The van der Waals surface area contributed by atoms with Gasteiger partial charge in [0.2, 0.25) is 5.91 Å². The molecular weight excluding hydrogens is 415 g/mol. The minimum Gasteiger partial charge on any atom is -0.340 e. The molecule has 0 saturated carbocycles. The van der Waals surface area contributed by atoms with Crippen molar-refractivity contribution < 1.29 is 9.59 Å². The average molecular weight is 432 g/mol. The molecule has 0 aromatic heterocycles. The van der Waals surface area contributed by atoms with Gasteiger partial charge in [-0.2, -0.15) is 11.8 Å². The van der Waals surface area contributed by atoms with E-state index < -0.39 is 11.9 Å². The summed E-state index contributed by atoms with van der Waals surface area (Å²) in [5.41, 5.74) is 0.830. The highest BCUT2D eigenvalue weighted by Crippen LogP contribution is 2.25. The fourth-order valence-electron chi connectivity index (χ4n) is 2.19. The van der Waals surface area contributed by atoms with E-state index in [1.807, 2.05) is 6.26 Å². The molecule has 0 spiro atoms. The van der Waals surface area contributed by atoms with Crippen LogP contribution in [0.5, 0.6) is 0 Å². The van der Waals surface area contributed by atoms with Crippen LogP contribution in [0.2, 0.25) is 15.1 Å². The lowest BCUT2D eigenvalue weighted by molar-refractivity contribution is -0.118. The van der Waals surface area contributed by atoms with Crippen LogP contribution >= 0.6 is 46.6 Å². The number of hydrogen-bond acceptors (Lipinski definition) is 3. The predicted molar refractivity (Wildman–Crippen MR) is 111 cm³/mol. The van der Waals surface area contributed by atoms with E-state index in [9.17, 15) is 9.59 Å². The number of nitrogens with one attached hydrogen (secondary N) is 2. The van der Waals surface area contributed by atoms with E-state index in [1.165, 1.54) is 0 Å². The molecule has 0 saturated heterocycles. The Morgan fingerprint density at radius 3 is 2.42 bits per heavy atom. The summed E-state index contributed by atoms with van der Waals surface area (Å²) in [4.78, 5) is 25.1. The lowest BCUT2D eigenvalue weighted by Crippen LogP contribution is -2.44. The Balaban J connectivity index is 2.12. The first-order chi connectivity index (χ1) is 12.4. The second-order valence-corrected chi connectivity index (χ2v) is 7.61. The molecule has 2 aromatic carbocycles. The van der Waals surface area contributed by atoms with E-state index in [0.717, 1.165) is 0 Å². The normalized spacial score (nSPS) is 11.7. The number of amides is 2. The third-order valence-corrected chi connectivity index (χ3v) is 5.25. The molecule has 0 bridgehead atoms. The van der Waals surface area contributed by atoms with Gasteiger partial charge in [0.25, 0.3) is 5.91 Å². The van der Waals surface area contributed by atoms with E-state index in [2.05, 4.69) is 10.6 Å². The largest absolute Gasteiger partial charge is 0.340 e. The Labute approximate surface area is 171 Å². The maximum Gasteiger partial charge on any atom is 0.253 e. The van der Waals surface area contributed by atoms with E-state index >= 15 is 0 Å². The van der Waals surface area contributed by atoms with Crippen LogP contribution in [0, 0.1) is 0 Å². The van der Waals surface area contributed by atoms with Crippen molar-refractivity contribution in [2.45, 2.75) is 12.5 Å². The van der Waals surface area contributed by atoms with E-state index in [4.69, 9.17) is 34.8 Å². The standard InChI is InChI=1S/C18H17Cl3N2O2S/c1-26-9-8-16(23-17(24)12-4-2-3-5-13(12)19)18(25)22-11-6-7-14(20)15(21)10-11/h2-7,10,16H,8-9H2,1H3,(H,22,25)(H,23,24). The smallest absolute Gasteiger partial charge is 0.253 e. The molecule has 2 rings (SSSR count). The Morgan fingerprint density at radius 1 is 1.04 bits per heavy atom. The number of halogens is 3. The Morgan fingerprint density at radius 2 is 1.77 bits per heavy atom. The molecule has 2 amide bonds. The number of carbonyl (C=O) groups excluding carboxylic acids is 2. The summed E-state index contributed by atoms with van der Waals surface area (Å²) in [6, 6.07) is 10.8. The molecule has 0 aliphatic rings. The highest BCUT2D eigenvalue weighted by molar-refractivity contribution is 7.98. The maximum absolute atomic E-state index is 12.6. The second-order valence-electron chi connectivity index (χ2n) is 5.41. The van der Waals surface area contributed by atoms with E-state index in [-0.39, 0.29) is 5.91 Å². The van der Waals surface area contributed by atoms with Crippen molar-refractivity contribution >= 4 is 64.1 Å². The molecule has 0 fully saturated rings. The first-order valence-corrected chi connectivity index (χ1v) is 10.3. The highest BCUT2D eigenvalue weighted by Gasteiger charge is 2.22. The molecule has 0 heterocycles. The van der Waals surface area contributed by atoms with Gasteiger partial charge in [-0.3, -0.25) is 9.59 Å². The van der Waals surface area contributed by atoms with Crippen LogP contribution in [0.4, 0.5) is 5.69 Å². The highest BCUT2D eigenvalue weighted by atomic mass is 35.5. The first kappa shape index (κ1) is 20.9. The van der Waals surface area contributed by atoms with Crippen LogP contribution in [-0.4, -0.2) is 29.9 Å². The minimum absolute atomic E-state index is 0.325. The lowest BCUT2D eigenvalue weighted by Gasteiger charge is -2.19. The van der Waals surface area contributed by atoms with Gasteiger partial charge in [0.1, 0.15) is 6.04 Å². The molecule has 2 N–H and O–H groups in total. The van der Waals surface area contributed by atoms with Crippen LogP contribution in [-0.2, 0) is 4.79 Å². The number of anilines is 1. The van der Waals surface area contributed by atoms with E-state index in [1.54, 1.807) is 54.2 Å². The summed E-state index contributed by atoms with van der Waals surface area (Å²) < 4.78 is 0. The number of rotatable bonds is 7. The number of benzene rings is 2. The van der Waals surface area contributed by atoms with Gasteiger partial charge in [0.15, 0.2) is 0 Å². The minimum atomic E-state index is -0.708. The van der Waals surface area contributed by atoms with E-state index in [0.29, 0.717) is 38.5 Å². The molecule has 26 heavy (non-hydrogen) atoms. The SMILES string of the molecule is CSCCC(NC(=O)c1ccccc1Cl)C(=O)Nc1ccc(Cl)c(Cl)c1. The zero-order chi connectivity index (χ0) is 19.1. The van der Waals surface area contributed by atoms with Crippen LogP contribution in [0.15, 0.2) is 42.5 Å². The summed E-state index contributed by atoms with van der Waals surface area (Å²) >= 11 is 19.5. The Bertz CT molecular complexity index is 802. The van der Waals surface area contributed by atoms with Crippen molar-refractivity contribution in [1.82, 2.24) is 5.32 Å². The topological polar surface area (TPSA) is 58.2 Å². The molecule has 1 atom stereocenters. The fraction of sp³-hybridized carbons (Fsp3) is 0.222. The van der Waals surface area contributed by atoms with Crippen molar-refractivity contribution in [2.75, 3.05) is 17.3 Å². The molecular formula is C18H17Cl3N2O2S. The zero-order valence-electron chi connectivity index (χ0n) is 13.9. The molecule has 1 unspecified atom stereocenters. The molecule has 2 aromatic rings. The van der Waals surface area contributed by atoms with Gasteiger partial charge < -0.3 is 10.6 Å². The molecule has 8 heteroatoms. The first-order valence-electron chi connectivity index (χ1n) is 7.72. The zero-order valence-corrected chi connectivity index (χ0v) is 17.0. The van der Waals surface area contributed by atoms with Gasteiger partial charge in [-0.25, -0.2) is 0 Å². The third kappa shape index (κ3) is 5.81. The fourth-order valence-corrected chi connectivity index (χ4v) is 3.18. The molecule has 0 radical (unpaired) electrons. The number of carbonyl (C=O) groups is 2.